The van der Waals surface area contributed by atoms with Crippen LogP contribution in [0.4, 0.5) is 0 Å². The monoisotopic (exact) mass is 198 g/mol. The Balaban J connectivity index is 2.01. The highest BCUT2D eigenvalue weighted by Crippen LogP contribution is 2.21. The van der Waals surface area contributed by atoms with Gasteiger partial charge in [-0.1, -0.05) is 25.7 Å². The zero-order valence-corrected chi connectivity index (χ0v) is 8.93. The molecule has 14 heavy (non-hydrogen) atoms. The van der Waals surface area contributed by atoms with E-state index in [0.717, 1.165) is 19.0 Å². The molecule has 3 N–H and O–H groups in total. The summed E-state index contributed by atoms with van der Waals surface area (Å²) in [5, 5.41) is 3.31. The molecule has 3 nitrogen and oxygen atoms in total. The van der Waals surface area contributed by atoms with Gasteiger partial charge < -0.3 is 11.1 Å². The Kier molecular flexibility index (Phi) is 5.60. The van der Waals surface area contributed by atoms with Crippen molar-refractivity contribution in [3.63, 3.8) is 0 Å². The van der Waals surface area contributed by atoms with Crippen LogP contribution in [-0.2, 0) is 4.79 Å². The third kappa shape index (κ3) is 5.22. The van der Waals surface area contributed by atoms with Crippen LogP contribution >= 0.6 is 0 Å². The molecule has 1 saturated carbocycles. The quantitative estimate of drug-likeness (QED) is 0.518. The first-order valence-corrected chi connectivity index (χ1v) is 5.78. The van der Waals surface area contributed by atoms with Gasteiger partial charge in [0.2, 0.25) is 5.91 Å². The molecule has 0 aromatic heterocycles. The molecule has 0 spiro atoms. The van der Waals surface area contributed by atoms with Crippen molar-refractivity contribution in [3.8, 4) is 0 Å². The van der Waals surface area contributed by atoms with Gasteiger partial charge in [-0.25, -0.2) is 0 Å². The fraction of sp³-hybridized carbons (Fsp3) is 0.909. The first-order valence-electron chi connectivity index (χ1n) is 5.78. The average molecular weight is 198 g/mol. The van der Waals surface area contributed by atoms with Crippen molar-refractivity contribution in [2.45, 2.75) is 44.9 Å². The van der Waals surface area contributed by atoms with E-state index in [0.29, 0.717) is 6.42 Å². The van der Waals surface area contributed by atoms with Gasteiger partial charge in [0.25, 0.3) is 0 Å². The minimum Gasteiger partial charge on any atom is -0.370 e. The van der Waals surface area contributed by atoms with Crippen LogP contribution in [0.5, 0.6) is 0 Å². The predicted molar refractivity (Wildman–Crippen MR) is 57.9 cm³/mol. The standard InChI is InChI=1S/C11H22N2O/c12-11(14)7-8-13-9-10-5-3-1-2-4-6-10/h10,13H,1-9H2,(H2,12,14). The number of hydrogen-bond acceptors (Lipinski definition) is 2. The molecule has 0 aromatic carbocycles. The van der Waals surface area contributed by atoms with Gasteiger partial charge in [0.1, 0.15) is 0 Å². The molecule has 3 heteroatoms. The van der Waals surface area contributed by atoms with Crippen molar-refractivity contribution in [1.29, 1.82) is 0 Å². The van der Waals surface area contributed by atoms with Gasteiger partial charge in [-0.15, -0.1) is 0 Å². The number of nitrogens with one attached hydrogen (secondary N) is 1. The maximum atomic E-state index is 10.5. The van der Waals surface area contributed by atoms with E-state index in [1.165, 1.54) is 38.5 Å². The minimum atomic E-state index is -0.210. The van der Waals surface area contributed by atoms with Gasteiger partial charge in [0, 0.05) is 13.0 Å². The molecule has 82 valence electrons. The molecule has 0 unspecified atom stereocenters. The number of carbonyl (C=O) groups excluding carboxylic acids is 1. The van der Waals surface area contributed by atoms with E-state index in [-0.39, 0.29) is 5.91 Å². The van der Waals surface area contributed by atoms with E-state index in [1.807, 2.05) is 0 Å². The molecule has 1 fully saturated rings. The van der Waals surface area contributed by atoms with Crippen LogP contribution in [0, 0.1) is 5.92 Å². The SMILES string of the molecule is NC(=O)CCNCC1CCCCCC1. The molecule has 0 heterocycles. The van der Waals surface area contributed by atoms with E-state index in [2.05, 4.69) is 5.32 Å². The van der Waals surface area contributed by atoms with Gasteiger partial charge in [-0.05, 0) is 25.3 Å². The first-order chi connectivity index (χ1) is 6.79. The van der Waals surface area contributed by atoms with Crippen molar-refractivity contribution >= 4 is 5.91 Å². The molecule has 0 atom stereocenters. The Hall–Kier alpha value is -0.570. The molecule has 0 aromatic rings. The molecule has 0 radical (unpaired) electrons. The summed E-state index contributed by atoms with van der Waals surface area (Å²) < 4.78 is 0. The van der Waals surface area contributed by atoms with Gasteiger partial charge >= 0.3 is 0 Å². The normalized spacial score (nSPS) is 19.1. The van der Waals surface area contributed by atoms with Crippen LogP contribution < -0.4 is 11.1 Å². The maximum absolute atomic E-state index is 10.5. The van der Waals surface area contributed by atoms with Crippen LogP contribution in [0.15, 0.2) is 0 Å². The van der Waals surface area contributed by atoms with Crippen molar-refractivity contribution in [2.24, 2.45) is 11.7 Å². The van der Waals surface area contributed by atoms with Crippen molar-refractivity contribution < 1.29 is 4.79 Å². The van der Waals surface area contributed by atoms with E-state index in [9.17, 15) is 4.79 Å². The van der Waals surface area contributed by atoms with Crippen molar-refractivity contribution in [1.82, 2.24) is 5.32 Å². The van der Waals surface area contributed by atoms with E-state index < -0.39 is 0 Å². The van der Waals surface area contributed by atoms with Crippen LogP contribution in [0.2, 0.25) is 0 Å². The number of rotatable bonds is 5. The Morgan fingerprint density at radius 3 is 2.43 bits per heavy atom. The summed E-state index contributed by atoms with van der Waals surface area (Å²) in [7, 11) is 0. The van der Waals surface area contributed by atoms with Crippen LogP contribution in [-0.4, -0.2) is 19.0 Å². The number of primary amides is 1. The highest BCUT2D eigenvalue weighted by atomic mass is 16.1. The maximum Gasteiger partial charge on any atom is 0.218 e. The van der Waals surface area contributed by atoms with E-state index in [4.69, 9.17) is 5.73 Å². The number of hydrogen-bond donors (Lipinski definition) is 2. The van der Waals surface area contributed by atoms with Crippen LogP contribution in [0.1, 0.15) is 44.9 Å². The largest absolute Gasteiger partial charge is 0.370 e. The molecule has 0 saturated heterocycles. The summed E-state index contributed by atoms with van der Waals surface area (Å²) >= 11 is 0. The zero-order chi connectivity index (χ0) is 10.2. The Bertz CT molecular complexity index is 163. The molecule has 0 bridgehead atoms. The lowest BCUT2D eigenvalue weighted by Crippen LogP contribution is -2.26. The van der Waals surface area contributed by atoms with Gasteiger partial charge in [0.05, 0.1) is 0 Å². The summed E-state index contributed by atoms with van der Waals surface area (Å²) in [4.78, 5) is 10.5. The second kappa shape index (κ2) is 6.82. The highest BCUT2D eigenvalue weighted by Gasteiger charge is 2.11. The number of amides is 1. The molecular formula is C11H22N2O. The van der Waals surface area contributed by atoms with Crippen LogP contribution in [0.25, 0.3) is 0 Å². The number of nitrogens with two attached hydrogens (primary N) is 1. The van der Waals surface area contributed by atoms with Crippen molar-refractivity contribution in [3.05, 3.63) is 0 Å². The topological polar surface area (TPSA) is 55.1 Å². The second-order valence-electron chi connectivity index (χ2n) is 4.28. The summed E-state index contributed by atoms with van der Waals surface area (Å²) in [6, 6.07) is 0. The van der Waals surface area contributed by atoms with Crippen LogP contribution in [0.3, 0.4) is 0 Å². The smallest absolute Gasteiger partial charge is 0.218 e. The third-order valence-corrected chi connectivity index (χ3v) is 2.96. The zero-order valence-electron chi connectivity index (χ0n) is 8.93. The third-order valence-electron chi connectivity index (χ3n) is 2.96. The van der Waals surface area contributed by atoms with Crippen molar-refractivity contribution in [2.75, 3.05) is 13.1 Å². The Morgan fingerprint density at radius 1 is 1.21 bits per heavy atom. The molecule has 1 aliphatic carbocycles. The molecule has 1 amide bonds. The highest BCUT2D eigenvalue weighted by molar-refractivity contribution is 5.73. The summed E-state index contributed by atoms with van der Waals surface area (Å²) in [5.41, 5.74) is 5.06. The summed E-state index contributed by atoms with van der Waals surface area (Å²) in [5.74, 6) is 0.615. The molecule has 0 aliphatic heterocycles. The summed E-state index contributed by atoms with van der Waals surface area (Å²) in [6.45, 7) is 1.80. The van der Waals surface area contributed by atoms with E-state index in [1.54, 1.807) is 0 Å². The summed E-state index contributed by atoms with van der Waals surface area (Å²) in [6.07, 6.45) is 8.72. The Morgan fingerprint density at radius 2 is 1.86 bits per heavy atom. The molecular weight excluding hydrogens is 176 g/mol. The lowest BCUT2D eigenvalue weighted by molar-refractivity contribution is -0.117. The van der Waals surface area contributed by atoms with Gasteiger partial charge in [0.15, 0.2) is 0 Å². The lowest BCUT2D eigenvalue weighted by Gasteiger charge is -2.14. The van der Waals surface area contributed by atoms with Gasteiger partial charge in [-0.2, -0.15) is 0 Å². The Labute approximate surface area is 86.4 Å². The first kappa shape index (κ1) is 11.5. The average Bonchev–Trinajstić information content (AvgIpc) is 2.40. The number of carbonyl (C=O) groups is 1. The second-order valence-corrected chi connectivity index (χ2v) is 4.28. The molecule has 1 rings (SSSR count). The molecule has 1 aliphatic rings. The van der Waals surface area contributed by atoms with E-state index >= 15 is 0 Å². The minimum absolute atomic E-state index is 0.210. The lowest BCUT2D eigenvalue weighted by atomic mass is 10.0. The fourth-order valence-electron chi connectivity index (χ4n) is 2.09. The predicted octanol–water partition coefficient (Wildman–Crippen LogP) is 1.42. The van der Waals surface area contributed by atoms with Gasteiger partial charge in [-0.3, -0.25) is 4.79 Å². The fourth-order valence-corrected chi connectivity index (χ4v) is 2.09.